The van der Waals surface area contributed by atoms with Crippen molar-refractivity contribution in [2.75, 3.05) is 26.7 Å². The van der Waals surface area contributed by atoms with Gasteiger partial charge in [-0.1, -0.05) is 6.07 Å². The Labute approximate surface area is 183 Å². The molecule has 1 amide bonds. The third kappa shape index (κ3) is 3.97. The second-order valence-electron chi connectivity index (χ2n) is 8.52. The lowest BCUT2D eigenvalue weighted by Crippen LogP contribution is -2.45. The predicted molar refractivity (Wildman–Crippen MR) is 112 cm³/mol. The minimum Gasteiger partial charge on any atom is -0.481 e. The van der Waals surface area contributed by atoms with Crippen LogP contribution in [0.5, 0.6) is 5.88 Å². The van der Waals surface area contributed by atoms with Gasteiger partial charge in [-0.2, -0.15) is 13.2 Å². The molecule has 3 aliphatic heterocycles. The number of carbonyl (C=O) groups is 1. The fourth-order valence-corrected chi connectivity index (χ4v) is 4.87. The number of alkyl halides is 3. The first-order valence-corrected chi connectivity index (χ1v) is 10.6. The topological polar surface area (TPSA) is 58.0 Å². The first-order valence-electron chi connectivity index (χ1n) is 10.6. The molecule has 0 saturated carbocycles. The molecule has 1 aromatic carbocycles. The number of aliphatic imine (C=N–C) groups is 1. The monoisotopic (exact) mass is 444 g/mol. The molecule has 2 aromatic rings. The van der Waals surface area contributed by atoms with Crippen molar-refractivity contribution in [2.45, 2.75) is 38.1 Å². The van der Waals surface area contributed by atoms with Crippen LogP contribution in [0.2, 0.25) is 0 Å². The lowest BCUT2D eigenvalue weighted by Gasteiger charge is -2.34. The second-order valence-corrected chi connectivity index (χ2v) is 8.52. The van der Waals surface area contributed by atoms with Crippen LogP contribution in [0.4, 0.5) is 13.2 Å². The average molecular weight is 444 g/mol. The number of halogens is 3. The van der Waals surface area contributed by atoms with E-state index in [0.717, 1.165) is 33.5 Å². The van der Waals surface area contributed by atoms with E-state index >= 15 is 0 Å². The zero-order chi connectivity index (χ0) is 22.5. The number of hydrogen-bond donors (Lipinski definition) is 0. The van der Waals surface area contributed by atoms with Crippen molar-refractivity contribution in [3.63, 3.8) is 0 Å². The summed E-state index contributed by atoms with van der Waals surface area (Å²) in [5.74, 6) is 0.512. The molecular weight excluding hydrogens is 421 g/mol. The van der Waals surface area contributed by atoms with Gasteiger partial charge in [0.05, 0.1) is 32.3 Å². The number of rotatable bonds is 4. The Morgan fingerprint density at radius 1 is 1.19 bits per heavy atom. The van der Waals surface area contributed by atoms with Gasteiger partial charge < -0.3 is 9.64 Å². The van der Waals surface area contributed by atoms with E-state index in [-0.39, 0.29) is 24.9 Å². The molecule has 1 saturated heterocycles. The lowest BCUT2D eigenvalue weighted by atomic mass is 9.90. The van der Waals surface area contributed by atoms with E-state index < -0.39 is 12.7 Å². The van der Waals surface area contributed by atoms with Gasteiger partial charge in [-0.05, 0) is 35.2 Å². The van der Waals surface area contributed by atoms with E-state index in [2.05, 4.69) is 22.1 Å². The molecule has 6 nitrogen and oxygen atoms in total. The molecule has 0 radical (unpaired) electrons. The fourth-order valence-electron chi connectivity index (χ4n) is 4.87. The molecule has 5 rings (SSSR count). The van der Waals surface area contributed by atoms with Crippen LogP contribution in [0.15, 0.2) is 35.5 Å². The average Bonchev–Trinajstić information content (AvgIpc) is 3.37. The van der Waals surface area contributed by atoms with Crippen LogP contribution in [0.3, 0.4) is 0 Å². The number of methoxy groups -OCH3 is 1. The Morgan fingerprint density at radius 2 is 2.03 bits per heavy atom. The Kier molecular flexibility index (Phi) is 5.16. The van der Waals surface area contributed by atoms with Gasteiger partial charge in [-0.25, -0.2) is 4.98 Å². The zero-order valence-corrected chi connectivity index (χ0v) is 17.7. The molecular formula is C23H23F3N4O2. The van der Waals surface area contributed by atoms with E-state index in [1.165, 1.54) is 4.90 Å². The highest BCUT2D eigenvalue weighted by molar-refractivity contribution is 6.15. The summed E-state index contributed by atoms with van der Waals surface area (Å²) >= 11 is 0. The molecule has 1 fully saturated rings. The first kappa shape index (κ1) is 20.9. The molecule has 0 N–H and O–H groups in total. The van der Waals surface area contributed by atoms with Crippen LogP contribution < -0.4 is 4.74 Å². The maximum atomic E-state index is 12.8. The summed E-state index contributed by atoms with van der Waals surface area (Å²) in [6.07, 6.45) is -1.65. The van der Waals surface area contributed by atoms with E-state index in [1.54, 1.807) is 24.3 Å². The van der Waals surface area contributed by atoms with Crippen LogP contribution >= 0.6 is 0 Å². The van der Waals surface area contributed by atoms with Gasteiger partial charge in [0.2, 0.25) is 11.8 Å². The van der Waals surface area contributed by atoms with Gasteiger partial charge in [0.25, 0.3) is 0 Å². The maximum absolute atomic E-state index is 12.8. The minimum absolute atomic E-state index is 0.0187. The maximum Gasteiger partial charge on any atom is 0.401 e. The number of amides is 1. The summed E-state index contributed by atoms with van der Waals surface area (Å²) in [6.45, 7) is 0.657. The number of likely N-dealkylation sites (tertiary alicyclic amines) is 1. The Hall–Kier alpha value is -2.94. The third-order valence-corrected chi connectivity index (χ3v) is 6.40. The molecule has 1 atom stereocenters. The highest BCUT2D eigenvalue weighted by Crippen LogP contribution is 2.32. The summed E-state index contributed by atoms with van der Waals surface area (Å²) in [5, 5.41) is 0. The number of fused-ring (bicyclic) bond motifs is 2. The molecule has 0 bridgehead atoms. The van der Waals surface area contributed by atoms with Crippen molar-refractivity contribution in [1.82, 2.24) is 14.8 Å². The first-order chi connectivity index (χ1) is 15.3. The largest absolute Gasteiger partial charge is 0.481 e. The van der Waals surface area contributed by atoms with Crippen molar-refractivity contribution in [1.29, 1.82) is 0 Å². The summed E-state index contributed by atoms with van der Waals surface area (Å²) in [6, 6.07) is 7.66. The van der Waals surface area contributed by atoms with E-state index in [1.807, 2.05) is 6.07 Å². The van der Waals surface area contributed by atoms with Gasteiger partial charge in [0, 0.05) is 49.1 Å². The smallest absolute Gasteiger partial charge is 0.401 e. The number of carbonyl (C=O) groups excluding carboxylic acids is 1. The molecule has 0 spiro atoms. The van der Waals surface area contributed by atoms with Crippen LogP contribution in [-0.4, -0.2) is 65.4 Å². The number of ether oxygens (including phenoxy) is 1. The molecule has 0 unspecified atom stereocenters. The van der Waals surface area contributed by atoms with Gasteiger partial charge >= 0.3 is 6.18 Å². The van der Waals surface area contributed by atoms with E-state index in [9.17, 15) is 18.0 Å². The van der Waals surface area contributed by atoms with Crippen molar-refractivity contribution >= 4 is 11.6 Å². The van der Waals surface area contributed by atoms with Gasteiger partial charge in [0.1, 0.15) is 0 Å². The van der Waals surface area contributed by atoms with Crippen molar-refractivity contribution in [3.8, 4) is 5.88 Å². The molecule has 168 valence electrons. The summed E-state index contributed by atoms with van der Waals surface area (Å²) < 4.78 is 43.4. The SMILES string of the molecule is COc1ccc(C2=NCc3cc4c(cc32)CN([C@@H]2CCN(CC(F)(F)F)C2)C(=O)C4)cn1. The summed E-state index contributed by atoms with van der Waals surface area (Å²) in [5.41, 5.74) is 5.88. The van der Waals surface area contributed by atoms with Crippen LogP contribution in [0.25, 0.3) is 0 Å². The van der Waals surface area contributed by atoms with Crippen LogP contribution in [0.1, 0.15) is 34.2 Å². The normalized spacial score (nSPS) is 20.9. The fraction of sp³-hybridized carbons (Fsp3) is 0.435. The second kappa shape index (κ2) is 7.88. The summed E-state index contributed by atoms with van der Waals surface area (Å²) in [4.78, 5) is 24.9. The van der Waals surface area contributed by atoms with Crippen molar-refractivity contribution in [3.05, 3.63) is 58.3 Å². The summed E-state index contributed by atoms with van der Waals surface area (Å²) in [7, 11) is 1.57. The van der Waals surface area contributed by atoms with Gasteiger partial charge in [-0.15, -0.1) is 0 Å². The quantitative estimate of drug-likeness (QED) is 0.728. The number of benzene rings is 1. The standard InChI is InChI=1S/C23H23F3N4O2/c1-32-20-3-2-14(9-27-20)22-19-7-17-11-30(18-4-5-29(12-18)13-23(24,25)26)21(31)8-15(17)6-16(19)10-28-22/h2-3,6-7,9,18H,4-5,8,10-13H2,1H3/t18-/m1/s1. The Balaban J connectivity index is 1.36. The van der Waals surface area contributed by atoms with Crippen LogP contribution in [-0.2, 0) is 24.3 Å². The number of aromatic nitrogens is 1. The van der Waals surface area contributed by atoms with E-state index in [0.29, 0.717) is 31.9 Å². The lowest BCUT2D eigenvalue weighted by molar-refractivity contribution is -0.144. The molecule has 32 heavy (non-hydrogen) atoms. The predicted octanol–water partition coefficient (Wildman–Crippen LogP) is 2.96. The van der Waals surface area contributed by atoms with Gasteiger partial charge in [-0.3, -0.25) is 14.7 Å². The van der Waals surface area contributed by atoms with Crippen molar-refractivity contribution in [2.24, 2.45) is 4.99 Å². The molecule has 4 heterocycles. The Bertz CT molecular complexity index is 1080. The molecule has 0 aliphatic carbocycles. The van der Waals surface area contributed by atoms with Crippen LogP contribution in [0, 0.1) is 0 Å². The molecule has 1 aromatic heterocycles. The molecule has 9 heteroatoms. The van der Waals surface area contributed by atoms with E-state index in [4.69, 9.17) is 4.74 Å². The Morgan fingerprint density at radius 3 is 2.75 bits per heavy atom. The number of pyridine rings is 1. The third-order valence-electron chi connectivity index (χ3n) is 6.40. The van der Waals surface area contributed by atoms with Gasteiger partial charge in [0.15, 0.2) is 0 Å². The van der Waals surface area contributed by atoms with Crippen molar-refractivity contribution < 1.29 is 22.7 Å². The number of nitrogens with zero attached hydrogens (tertiary/aromatic N) is 4. The minimum atomic E-state index is -4.22. The highest BCUT2D eigenvalue weighted by atomic mass is 19.4. The zero-order valence-electron chi connectivity index (χ0n) is 17.7. The number of hydrogen-bond acceptors (Lipinski definition) is 5. The molecule has 3 aliphatic rings. The highest BCUT2D eigenvalue weighted by Gasteiger charge is 2.38.